The molecule has 1 heterocycles. The van der Waals surface area contributed by atoms with Gasteiger partial charge in [-0.05, 0) is 31.5 Å². The van der Waals surface area contributed by atoms with Crippen molar-refractivity contribution in [1.29, 1.82) is 0 Å². The summed E-state index contributed by atoms with van der Waals surface area (Å²) in [5.74, 6) is 0. The van der Waals surface area contributed by atoms with E-state index in [-0.39, 0.29) is 6.04 Å². The zero-order valence-electron chi connectivity index (χ0n) is 11.3. The Morgan fingerprint density at radius 2 is 2.00 bits per heavy atom. The largest absolute Gasteiger partial charge is 0.323 e. The highest BCUT2D eigenvalue weighted by Crippen LogP contribution is 2.34. The first kappa shape index (κ1) is 12.2. The molecule has 0 radical (unpaired) electrons. The fraction of sp³-hybridized carbons (Fsp3) is 0.600. The van der Waals surface area contributed by atoms with E-state index in [4.69, 9.17) is 5.73 Å². The summed E-state index contributed by atoms with van der Waals surface area (Å²) in [5.41, 5.74) is 9.26. The normalized spacial score (nSPS) is 33.6. The molecule has 0 aromatic heterocycles. The van der Waals surface area contributed by atoms with Crippen LogP contribution >= 0.6 is 0 Å². The van der Waals surface area contributed by atoms with Gasteiger partial charge in [-0.2, -0.15) is 0 Å². The van der Waals surface area contributed by atoms with Crippen LogP contribution in [0.25, 0.3) is 0 Å². The molecule has 3 nitrogen and oxygen atoms in total. The van der Waals surface area contributed by atoms with Gasteiger partial charge in [-0.25, -0.2) is 0 Å². The predicted octanol–water partition coefficient (Wildman–Crippen LogP) is 1.25. The van der Waals surface area contributed by atoms with E-state index >= 15 is 0 Å². The Morgan fingerprint density at radius 1 is 1.22 bits per heavy atom. The fourth-order valence-corrected chi connectivity index (χ4v) is 3.57. The molecule has 3 heteroatoms. The number of hydrogen-bond acceptors (Lipinski definition) is 3. The quantitative estimate of drug-likeness (QED) is 0.808. The number of benzene rings is 1. The second kappa shape index (κ2) is 4.65. The summed E-state index contributed by atoms with van der Waals surface area (Å²) in [5, 5.41) is 0. The highest BCUT2D eigenvalue weighted by atomic mass is 15.3. The standard InChI is InChI=1S/C15H23N3/c1-11-10-17(2)7-8-18(11)14-9-12-5-3-4-6-13(12)15(14)16/h3-6,11,14-15H,7-10,16H2,1-2H3. The molecule has 0 spiro atoms. The van der Waals surface area contributed by atoms with Gasteiger partial charge in [-0.3, -0.25) is 4.90 Å². The van der Waals surface area contributed by atoms with E-state index < -0.39 is 0 Å². The zero-order chi connectivity index (χ0) is 12.7. The molecule has 3 rings (SSSR count). The van der Waals surface area contributed by atoms with E-state index in [0.29, 0.717) is 12.1 Å². The number of likely N-dealkylation sites (N-methyl/N-ethyl adjacent to an activating group) is 1. The second-order valence-electron chi connectivity index (χ2n) is 5.85. The van der Waals surface area contributed by atoms with Gasteiger partial charge in [-0.1, -0.05) is 24.3 Å². The third-order valence-electron chi connectivity index (χ3n) is 4.57. The lowest BCUT2D eigenvalue weighted by Crippen LogP contribution is -2.56. The lowest BCUT2D eigenvalue weighted by atomic mass is 10.0. The van der Waals surface area contributed by atoms with Gasteiger partial charge in [0.25, 0.3) is 0 Å². The third-order valence-corrected chi connectivity index (χ3v) is 4.57. The maximum absolute atomic E-state index is 6.46. The van der Waals surface area contributed by atoms with E-state index in [1.165, 1.54) is 11.1 Å². The summed E-state index contributed by atoms with van der Waals surface area (Å²) >= 11 is 0. The van der Waals surface area contributed by atoms with Crippen molar-refractivity contribution in [2.45, 2.75) is 31.5 Å². The maximum atomic E-state index is 6.46. The van der Waals surface area contributed by atoms with Gasteiger partial charge < -0.3 is 10.6 Å². The molecular weight excluding hydrogens is 222 g/mol. The molecule has 2 aliphatic rings. The van der Waals surface area contributed by atoms with Crippen LogP contribution in [0.1, 0.15) is 24.1 Å². The molecule has 0 bridgehead atoms. The average Bonchev–Trinajstić information content (AvgIpc) is 2.68. The minimum Gasteiger partial charge on any atom is -0.323 e. The SMILES string of the molecule is CC1CN(C)CCN1C1Cc2ccccc2C1N. The van der Waals surface area contributed by atoms with Gasteiger partial charge in [0.15, 0.2) is 0 Å². The van der Waals surface area contributed by atoms with E-state index in [9.17, 15) is 0 Å². The lowest BCUT2D eigenvalue weighted by Gasteiger charge is -2.43. The van der Waals surface area contributed by atoms with Gasteiger partial charge in [0, 0.05) is 37.8 Å². The molecule has 3 atom stereocenters. The number of rotatable bonds is 1. The Bertz CT molecular complexity index is 432. The van der Waals surface area contributed by atoms with Gasteiger partial charge >= 0.3 is 0 Å². The first-order valence-corrected chi connectivity index (χ1v) is 6.94. The number of piperazine rings is 1. The van der Waals surface area contributed by atoms with Crippen LogP contribution in [0, 0.1) is 0 Å². The highest BCUT2D eigenvalue weighted by molar-refractivity contribution is 5.37. The van der Waals surface area contributed by atoms with Gasteiger partial charge in [0.1, 0.15) is 0 Å². The molecule has 0 amide bonds. The molecule has 1 aromatic rings. The van der Waals surface area contributed by atoms with Crippen LogP contribution in [0.2, 0.25) is 0 Å². The molecule has 1 aromatic carbocycles. The molecule has 1 aliphatic carbocycles. The Kier molecular flexibility index (Phi) is 3.14. The van der Waals surface area contributed by atoms with Crippen LogP contribution < -0.4 is 5.73 Å². The van der Waals surface area contributed by atoms with Gasteiger partial charge in [0.05, 0.1) is 0 Å². The number of hydrogen-bond donors (Lipinski definition) is 1. The molecule has 1 fully saturated rings. The Morgan fingerprint density at radius 3 is 2.72 bits per heavy atom. The molecule has 3 unspecified atom stereocenters. The van der Waals surface area contributed by atoms with Crippen molar-refractivity contribution in [3.8, 4) is 0 Å². The zero-order valence-corrected chi connectivity index (χ0v) is 11.3. The van der Waals surface area contributed by atoms with Crippen molar-refractivity contribution in [2.24, 2.45) is 5.73 Å². The summed E-state index contributed by atoms with van der Waals surface area (Å²) in [6.45, 7) is 5.78. The minimum atomic E-state index is 0.187. The van der Waals surface area contributed by atoms with Crippen LogP contribution in [0.3, 0.4) is 0 Å². The van der Waals surface area contributed by atoms with Crippen molar-refractivity contribution in [2.75, 3.05) is 26.7 Å². The van der Waals surface area contributed by atoms with Gasteiger partial charge in [0.2, 0.25) is 0 Å². The Hall–Kier alpha value is -0.900. The van der Waals surface area contributed by atoms with Crippen molar-refractivity contribution in [3.63, 3.8) is 0 Å². The van der Waals surface area contributed by atoms with Crippen molar-refractivity contribution >= 4 is 0 Å². The first-order chi connectivity index (χ1) is 8.66. The van der Waals surface area contributed by atoms with Crippen molar-refractivity contribution in [1.82, 2.24) is 9.80 Å². The summed E-state index contributed by atoms with van der Waals surface area (Å²) in [7, 11) is 2.21. The predicted molar refractivity (Wildman–Crippen MR) is 74.5 cm³/mol. The maximum Gasteiger partial charge on any atom is 0.0459 e. The van der Waals surface area contributed by atoms with Crippen LogP contribution in [0.15, 0.2) is 24.3 Å². The molecule has 98 valence electrons. The smallest absolute Gasteiger partial charge is 0.0459 e. The minimum absolute atomic E-state index is 0.187. The Labute approximate surface area is 110 Å². The summed E-state index contributed by atoms with van der Waals surface area (Å²) in [4.78, 5) is 5.03. The van der Waals surface area contributed by atoms with E-state index in [0.717, 1.165) is 26.1 Å². The lowest BCUT2D eigenvalue weighted by molar-refractivity contribution is 0.0551. The molecule has 1 aliphatic heterocycles. The van der Waals surface area contributed by atoms with Crippen molar-refractivity contribution < 1.29 is 0 Å². The third kappa shape index (κ3) is 1.96. The average molecular weight is 245 g/mol. The molecule has 2 N–H and O–H groups in total. The molecular formula is C15H23N3. The van der Waals surface area contributed by atoms with Crippen LogP contribution in [-0.4, -0.2) is 48.6 Å². The Balaban J connectivity index is 1.80. The van der Waals surface area contributed by atoms with Crippen LogP contribution in [0.5, 0.6) is 0 Å². The number of fused-ring (bicyclic) bond motifs is 1. The molecule has 18 heavy (non-hydrogen) atoms. The number of nitrogens with two attached hydrogens (primary N) is 1. The summed E-state index contributed by atoms with van der Waals surface area (Å²) < 4.78 is 0. The van der Waals surface area contributed by atoms with Gasteiger partial charge in [-0.15, -0.1) is 0 Å². The molecule has 1 saturated heterocycles. The monoisotopic (exact) mass is 245 g/mol. The van der Waals surface area contributed by atoms with E-state index in [1.54, 1.807) is 0 Å². The van der Waals surface area contributed by atoms with Crippen LogP contribution in [-0.2, 0) is 6.42 Å². The topological polar surface area (TPSA) is 32.5 Å². The summed E-state index contributed by atoms with van der Waals surface area (Å²) in [6, 6.07) is 9.94. The van der Waals surface area contributed by atoms with E-state index in [1.807, 2.05) is 0 Å². The molecule has 0 saturated carbocycles. The van der Waals surface area contributed by atoms with Crippen molar-refractivity contribution in [3.05, 3.63) is 35.4 Å². The number of nitrogens with zero attached hydrogens (tertiary/aromatic N) is 2. The fourth-order valence-electron chi connectivity index (χ4n) is 3.57. The second-order valence-corrected chi connectivity index (χ2v) is 5.85. The summed E-state index contributed by atoms with van der Waals surface area (Å²) in [6.07, 6.45) is 1.12. The van der Waals surface area contributed by atoms with E-state index in [2.05, 4.69) is 48.0 Å². The van der Waals surface area contributed by atoms with Crippen LogP contribution in [0.4, 0.5) is 0 Å². The first-order valence-electron chi connectivity index (χ1n) is 6.94. The highest BCUT2D eigenvalue weighted by Gasteiger charge is 2.37.